The molecule has 2 fully saturated rings. The molecule has 104 valence electrons. The van der Waals surface area contributed by atoms with Crippen molar-refractivity contribution < 1.29 is 4.74 Å². The maximum Gasteiger partial charge on any atom is 0.0755 e. The van der Waals surface area contributed by atoms with E-state index in [9.17, 15) is 0 Å². The average Bonchev–Trinajstić information content (AvgIpc) is 2.49. The average molecular weight is 261 g/mol. The van der Waals surface area contributed by atoms with Gasteiger partial charge in [-0.05, 0) is 44.4 Å². The van der Waals surface area contributed by atoms with E-state index in [0.717, 1.165) is 26.2 Å². The first kappa shape index (κ1) is 12.9. The summed E-state index contributed by atoms with van der Waals surface area (Å²) >= 11 is 0. The smallest absolute Gasteiger partial charge is 0.0755 e. The van der Waals surface area contributed by atoms with Crippen molar-refractivity contribution in [1.29, 1.82) is 0 Å². The lowest BCUT2D eigenvalue weighted by Crippen LogP contribution is -2.44. The summed E-state index contributed by atoms with van der Waals surface area (Å²) in [5.41, 5.74) is 1.27. The number of pyridine rings is 1. The third-order valence-corrected chi connectivity index (χ3v) is 4.04. The predicted molar refractivity (Wildman–Crippen MR) is 76.4 cm³/mol. The van der Waals surface area contributed by atoms with Crippen LogP contribution in [-0.2, 0) is 4.74 Å². The summed E-state index contributed by atoms with van der Waals surface area (Å²) in [6.07, 6.45) is 9.38. The van der Waals surface area contributed by atoms with Gasteiger partial charge >= 0.3 is 0 Å². The third-order valence-electron chi connectivity index (χ3n) is 4.04. The third kappa shape index (κ3) is 3.45. The number of hydrogen-bond acceptors (Lipinski definition) is 4. The Hall–Kier alpha value is -1.13. The van der Waals surface area contributed by atoms with Crippen LogP contribution in [0.15, 0.2) is 24.5 Å². The van der Waals surface area contributed by atoms with E-state index in [0.29, 0.717) is 12.2 Å². The van der Waals surface area contributed by atoms with Crippen molar-refractivity contribution in [2.75, 3.05) is 31.1 Å². The lowest BCUT2D eigenvalue weighted by molar-refractivity contribution is -0.0279. The van der Waals surface area contributed by atoms with Crippen LogP contribution in [0.3, 0.4) is 0 Å². The van der Waals surface area contributed by atoms with E-state index < -0.39 is 0 Å². The van der Waals surface area contributed by atoms with Gasteiger partial charge in [-0.1, -0.05) is 0 Å². The molecular formula is C15H23N3O. The van der Waals surface area contributed by atoms with Gasteiger partial charge in [0.15, 0.2) is 0 Å². The molecule has 1 N–H and O–H groups in total. The monoisotopic (exact) mass is 261 g/mol. The highest BCUT2D eigenvalue weighted by Gasteiger charge is 2.24. The van der Waals surface area contributed by atoms with E-state index in [1.807, 2.05) is 12.4 Å². The summed E-state index contributed by atoms with van der Waals surface area (Å²) in [4.78, 5) is 6.51. The summed E-state index contributed by atoms with van der Waals surface area (Å²) in [6.45, 7) is 4.31. The highest BCUT2D eigenvalue weighted by Crippen LogP contribution is 2.22. The molecule has 2 aliphatic heterocycles. The Morgan fingerprint density at radius 1 is 1.16 bits per heavy atom. The van der Waals surface area contributed by atoms with Gasteiger partial charge in [-0.3, -0.25) is 4.98 Å². The number of aromatic nitrogens is 1. The number of ether oxygens (including phenoxy) is 1. The SMILES string of the molecule is c1cc(N2CCCC(OC3CCCNC3)C2)ccn1. The number of rotatable bonds is 3. The van der Waals surface area contributed by atoms with Crippen LogP contribution in [0.1, 0.15) is 25.7 Å². The van der Waals surface area contributed by atoms with Gasteiger partial charge in [0, 0.05) is 37.7 Å². The van der Waals surface area contributed by atoms with E-state index in [1.54, 1.807) is 0 Å². The second kappa shape index (κ2) is 6.35. The largest absolute Gasteiger partial charge is 0.372 e. The molecule has 3 heterocycles. The summed E-state index contributed by atoms with van der Waals surface area (Å²) in [7, 11) is 0. The molecule has 19 heavy (non-hydrogen) atoms. The fourth-order valence-corrected chi connectivity index (χ4v) is 3.05. The van der Waals surface area contributed by atoms with E-state index in [-0.39, 0.29) is 0 Å². The number of nitrogens with one attached hydrogen (secondary N) is 1. The molecule has 0 spiro atoms. The van der Waals surface area contributed by atoms with E-state index in [2.05, 4.69) is 27.3 Å². The first-order chi connectivity index (χ1) is 9.42. The van der Waals surface area contributed by atoms with Crippen LogP contribution in [0.25, 0.3) is 0 Å². The second-order valence-corrected chi connectivity index (χ2v) is 5.52. The molecule has 0 aliphatic carbocycles. The van der Waals surface area contributed by atoms with Crippen molar-refractivity contribution in [1.82, 2.24) is 10.3 Å². The first-order valence-corrected chi connectivity index (χ1v) is 7.43. The number of nitrogens with zero attached hydrogens (tertiary/aromatic N) is 2. The van der Waals surface area contributed by atoms with Crippen molar-refractivity contribution in [3.63, 3.8) is 0 Å². The molecule has 2 atom stereocenters. The van der Waals surface area contributed by atoms with Gasteiger partial charge in [0.1, 0.15) is 0 Å². The van der Waals surface area contributed by atoms with E-state index in [1.165, 1.54) is 31.4 Å². The highest BCUT2D eigenvalue weighted by atomic mass is 16.5. The normalized spacial score (nSPS) is 28.3. The van der Waals surface area contributed by atoms with Gasteiger partial charge in [-0.25, -0.2) is 0 Å². The van der Waals surface area contributed by atoms with Crippen LogP contribution >= 0.6 is 0 Å². The maximum atomic E-state index is 6.26. The van der Waals surface area contributed by atoms with Crippen LogP contribution in [-0.4, -0.2) is 43.4 Å². The zero-order chi connectivity index (χ0) is 12.9. The second-order valence-electron chi connectivity index (χ2n) is 5.52. The Kier molecular flexibility index (Phi) is 4.30. The quantitative estimate of drug-likeness (QED) is 0.900. The molecule has 0 amide bonds. The number of anilines is 1. The topological polar surface area (TPSA) is 37.4 Å². The van der Waals surface area contributed by atoms with Gasteiger partial charge in [-0.2, -0.15) is 0 Å². The highest BCUT2D eigenvalue weighted by molar-refractivity contribution is 5.45. The number of piperidine rings is 2. The first-order valence-electron chi connectivity index (χ1n) is 7.43. The summed E-state index contributed by atoms with van der Waals surface area (Å²) in [6, 6.07) is 4.18. The van der Waals surface area contributed by atoms with Gasteiger partial charge in [0.2, 0.25) is 0 Å². The Bertz CT molecular complexity index is 378. The fourth-order valence-electron chi connectivity index (χ4n) is 3.05. The molecular weight excluding hydrogens is 238 g/mol. The molecule has 2 aliphatic rings. The molecule has 2 unspecified atom stereocenters. The molecule has 0 radical (unpaired) electrons. The predicted octanol–water partition coefficient (Wildman–Crippen LogP) is 1.82. The standard InChI is InChI=1S/C15H23N3O/c1-3-14(11-17-7-1)19-15-4-2-10-18(12-15)13-5-8-16-9-6-13/h5-6,8-9,14-15,17H,1-4,7,10-12H2. The van der Waals surface area contributed by atoms with E-state index >= 15 is 0 Å². The van der Waals surface area contributed by atoms with Crippen molar-refractivity contribution >= 4 is 5.69 Å². The van der Waals surface area contributed by atoms with Gasteiger partial charge in [-0.15, -0.1) is 0 Å². The minimum Gasteiger partial charge on any atom is -0.372 e. The number of hydrogen-bond donors (Lipinski definition) is 1. The Morgan fingerprint density at radius 2 is 2.00 bits per heavy atom. The van der Waals surface area contributed by atoms with Gasteiger partial charge in [0.25, 0.3) is 0 Å². The minimum absolute atomic E-state index is 0.381. The lowest BCUT2D eigenvalue weighted by Gasteiger charge is -2.36. The summed E-state index contributed by atoms with van der Waals surface area (Å²) in [5, 5.41) is 3.42. The molecule has 0 saturated carbocycles. The molecule has 1 aromatic rings. The molecule has 4 nitrogen and oxygen atoms in total. The van der Waals surface area contributed by atoms with Gasteiger partial charge in [0.05, 0.1) is 12.2 Å². The molecule has 0 aromatic carbocycles. The Labute approximate surface area is 115 Å². The molecule has 1 aromatic heterocycles. The fraction of sp³-hybridized carbons (Fsp3) is 0.667. The van der Waals surface area contributed by atoms with Gasteiger partial charge < -0.3 is 15.0 Å². The minimum atomic E-state index is 0.381. The van der Waals surface area contributed by atoms with Crippen LogP contribution in [0.4, 0.5) is 5.69 Å². The summed E-state index contributed by atoms with van der Waals surface area (Å²) < 4.78 is 6.26. The zero-order valence-corrected chi connectivity index (χ0v) is 11.4. The zero-order valence-electron chi connectivity index (χ0n) is 11.4. The lowest BCUT2D eigenvalue weighted by atomic mass is 10.1. The van der Waals surface area contributed by atoms with Crippen LogP contribution in [0, 0.1) is 0 Å². The van der Waals surface area contributed by atoms with Crippen molar-refractivity contribution in [2.45, 2.75) is 37.9 Å². The Morgan fingerprint density at radius 3 is 2.79 bits per heavy atom. The molecule has 3 rings (SSSR count). The van der Waals surface area contributed by atoms with Crippen LogP contribution < -0.4 is 10.2 Å². The molecule has 0 bridgehead atoms. The van der Waals surface area contributed by atoms with Crippen molar-refractivity contribution in [3.05, 3.63) is 24.5 Å². The van der Waals surface area contributed by atoms with E-state index in [4.69, 9.17) is 4.74 Å². The molecule has 2 saturated heterocycles. The Balaban J connectivity index is 1.55. The molecule has 4 heteroatoms. The summed E-state index contributed by atoms with van der Waals surface area (Å²) in [5.74, 6) is 0. The van der Waals surface area contributed by atoms with Crippen molar-refractivity contribution in [3.8, 4) is 0 Å². The van der Waals surface area contributed by atoms with Crippen molar-refractivity contribution in [2.24, 2.45) is 0 Å². The van der Waals surface area contributed by atoms with Crippen LogP contribution in [0.5, 0.6) is 0 Å². The maximum absolute atomic E-state index is 6.26. The van der Waals surface area contributed by atoms with Crippen LogP contribution in [0.2, 0.25) is 0 Å².